The summed E-state index contributed by atoms with van der Waals surface area (Å²) in [5.41, 5.74) is 5.88. The van der Waals surface area contributed by atoms with Crippen molar-refractivity contribution in [1.29, 1.82) is 0 Å². The maximum Gasteiger partial charge on any atom is 0.206 e. The molecule has 2 aromatic carbocycles. The van der Waals surface area contributed by atoms with Crippen molar-refractivity contribution < 1.29 is 13.2 Å². The van der Waals surface area contributed by atoms with E-state index in [2.05, 4.69) is 4.98 Å². The minimum Gasteiger partial charge on any atom is -0.369 e. The Morgan fingerprint density at radius 3 is 2.24 bits per heavy atom. The molecule has 0 aliphatic rings. The van der Waals surface area contributed by atoms with Gasteiger partial charge in [-0.05, 0) is 24.3 Å². The van der Waals surface area contributed by atoms with Crippen LogP contribution in [0.3, 0.4) is 0 Å². The Labute approximate surface area is 126 Å². The summed E-state index contributed by atoms with van der Waals surface area (Å²) in [7, 11) is 0. The number of anilines is 1. The fraction of sp³-hybridized carbons (Fsp3) is 0. The largest absolute Gasteiger partial charge is 0.369 e. The van der Waals surface area contributed by atoms with E-state index in [0.29, 0.717) is 0 Å². The zero-order valence-electron chi connectivity index (χ0n) is 10.2. The van der Waals surface area contributed by atoms with Gasteiger partial charge in [-0.2, -0.15) is 0 Å². The Morgan fingerprint density at radius 2 is 1.62 bits per heavy atom. The van der Waals surface area contributed by atoms with Crippen molar-refractivity contribution in [2.75, 3.05) is 5.73 Å². The molecule has 0 bridgehead atoms. The van der Waals surface area contributed by atoms with Gasteiger partial charge in [0.2, 0.25) is 5.95 Å². The van der Waals surface area contributed by atoms with Gasteiger partial charge in [0, 0.05) is 0 Å². The third-order valence-electron chi connectivity index (χ3n) is 2.96. The molecule has 0 fully saturated rings. The zero-order valence-corrected chi connectivity index (χ0v) is 11.7. The number of aromatic nitrogens is 2. The van der Waals surface area contributed by atoms with E-state index in [1.54, 1.807) is 0 Å². The summed E-state index contributed by atoms with van der Waals surface area (Å²) in [6.07, 6.45) is 0. The van der Waals surface area contributed by atoms with E-state index < -0.39 is 17.5 Å². The molecule has 3 aromatic rings. The molecule has 0 aliphatic carbocycles. The van der Waals surface area contributed by atoms with Crippen LogP contribution in [0.5, 0.6) is 0 Å². The molecule has 0 saturated heterocycles. The number of benzene rings is 2. The average molecular weight is 332 g/mol. The average Bonchev–Trinajstić information content (AvgIpc) is 2.77. The van der Waals surface area contributed by atoms with Crippen LogP contribution < -0.4 is 5.73 Å². The quantitative estimate of drug-likeness (QED) is 0.674. The number of nitrogen functional groups attached to an aromatic ring is 1. The van der Waals surface area contributed by atoms with E-state index in [0.717, 1.165) is 10.6 Å². The van der Waals surface area contributed by atoms with Gasteiger partial charge in [-0.15, -0.1) is 0 Å². The summed E-state index contributed by atoms with van der Waals surface area (Å²) in [5.74, 6) is -3.08. The molecule has 21 heavy (non-hydrogen) atoms. The number of hydrogen-bond donors (Lipinski definition) is 1. The lowest BCUT2D eigenvalue weighted by Crippen LogP contribution is -2.03. The molecule has 8 heteroatoms. The van der Waals surface area contributed by atoms with Gasteiger partial charge in [0.05, 0.1) is 21.2 Å². The van der Waals surface area contributed by atoms with Gasteiger partial charge in [0.25, 0.3) is 0 Å². The monoisotopic (exact) mass is 331 g/mol. The molecule has 2 N–H and O–H groups in total. The van der Waals surface area contributed by atoms with Crippen molar-refractivity contribution in [3.05, 3.63) is 51.8 Å². The summed E-state index contributed by atoms with van der Waals surface area (Å²) >= 11 is 11.4. The van der Waals surface area contributed by atoms with Crippen molar-refractivity contribution in [3.63, 3.8) is 0 Å². The van der Waals surface area contributed by atoms with Crippen LogP contribution >= 0.6 is 23.2 Å². The van der Waals surface area contributed by atoms with Gasteiger partial charge < -0.3 is 5.73 Å². The highest BCUT2D eigenvalue weighted by Gasteiger charge is 2.19. The molecular weight excluding hydrogens is 326 g/mol. The number of nitrogens with two attached hydrogens (primary N) is 1. The normalized spacial score (nSPS) is 11.3. The first-order valence-corrected chi connectivity index (χ1v) is 6.42. The lowest BCUT2D eigenvalue weighted by molar-refractivity contribution is 0.514. The van der Waals surface area contributed by atoms with Gasteiger partial charge >= 0.3 is 0 Å². The van der Waals surface area contributed by atoms with Crippen molar-refractivity contribution in [3.8, 4) is 5.69 Å². The van der Waals surface area contributed by atoms with Crippen LogP contribution in [0, 0.1) is 17.5 Å². The Morgan fingerprint density at radius 1 is 1.00 bits per heavy atom. The van der Waals surface area contributed by atoms with Crippen LogP contribution in [0.15, 0.2) is 24.3 Å². The van der Waals surface area contributed by atoms with Crippen molar-refractivity contribution >= 4 is 40.2 Å². The molecule has 0 radical (unpaired) electrons. The molecule has 0 saturated carbocycles. The maximum atomic E-state index is 14.0. The Hall–Kier alpha value is -1.92. The number of imidazole rings is 1. The summed E-state index contributed by atoms with van der Waals surface area (Å²) in [6, 6.07) is 4.63. The van der Waals surface area contributed by atoms with Gasteiger partial charge in [-0.25, -0.2) is 18.2 Å². The molecule has 0 unspecified atom stereocenters. The summed E-state index contributed by atoms with van der Waals surface area (Å²) in [4.78, 5) is 3.93. The first-order valence-electron chi connectivity index (χ1n) is 5.67. The standard InChI is InChI=1S/C13H6Cl2F3N3/c14-6-3-5(4-7(15)10(6)17)21-12-9(20-13(21)19)2-1-8(16)11(12)18/h1-4H,(H2,19,20). The molecule has 0 spiro atoms. The summed E-state index contributed by atoms with van der Waals surface area (Å²) in [5, 5.41) is -0.536. The first-order chi connectivity index (χ1) is 9.90. The van der Waals surface area contributed by atoms with Gasteiger partial charge in [0.1, 0.15) is 5.52 Å². The van der Waals surface area contributed by atoms with Crippen LogP contribution in [0.4, 0.5) is 19.1 Å². The highest BCUT2D eigenvalue weighted by molar-refractivity contribution is 6.35. The number of fused-ring (bicyclic) bond motifs is 1. The van der Waals surface area contributed by atoms with E-state index in [1.165, 1.54) is 18.2 Å². The minimum atomic E-state index is -1.12. The molecule has 0 atom stereocenters. The van der Waals surface area contributed by atoms with E-state index in [1.807, 2.05) is 0 Å². The minimum absolute atomic E-state index is 0.103. The van der Waals surface area contributed by atoms with E-state index in [4.69, 9.17) is 28.9 Å². The van der Waals surface area contributed by atoms with Crippen LogP contribution in [0.2, 0.25) is 10.0 Å². The number of nitrogens with zero attached hydrogens (tertiary/aromatic N) is 2. The Balaban J connectivity index is 2.40. The predicted octanol–water partition coefficient (Wildman–Crippen LogP) is 4.33. The van der Waals surface area contributed by atoms with E-state index in [9.17, 15) is 13.2 Å². The topological polar surface area (TPSA) is 43.8 Å². The van der Waals surface area contributed by atoms with Gasteiger partial charge in [-0.1, -0.05) is 23.2 Å². The van der Waals surface area contributed by atoms with E-state index >= 15 is 0 Å². The van der Waals surface area contributed by atoms with Gasteiger partial charge in [0.15, 0.2) is 17.5 Å². The Bertz CT molecular complexity index is 854. The maximum absolute atomic E-state index is 14.0. The molecule has 0 amide bonds. The van der Waals surface area contributed by atoms with E-state index in [-0.39, 0.29) is 32.7 Å². The number of hydrogen-bond acceptors (Lipinski definition) is 2. The third kappa shape index (κ3) is 2.11. The molecule has 0 aliphatic heterocycles. The second-order valence-corrected chi connectivity index (χ2v) is 5.07. The zero-order chi connectivity index (χ0) is 15.3. The summed E-state index contributed by atoms with van der Waals surface area (Å²) in [6.45, 7) is 0. The Kier molecular flexibility index (Phi) is 3.22. The SMILES string of the molecule is Nc1nc2ccc(F)c(F)c2n1-c1cc(Cl)c(F)c(Cl)c1. The molecule has 3 rings (SSSR count). The highest BCUT2D eigenvalue weighted by atomic mass is 35.5. The van der Waals surface area contributed by atoms with Gasteiger partial charge in [-0.3, -0.25) is 4.57 Å². The molecule has 108 valence electrons. The van der Waals surface area contributed by atoms with Crippen LogP contribution in [-0.4, -0.2) is 9.55 Å². The first kappa shape index (κ1) is 14.0. The fourth-order valence-electron chi connectivity index (χ4n) is 2.05. The van der Waals surface area contributed by atoms with Crippen molar-refractivity contribution in [1.82, 2.24) is 9.55 Å². The molecular formula is C13H6Cl2F3N3. The number of halogens is 5. The van der Waals surface area contributed by atoms with Crippen molar-refractivity contribution in [2.45, 2.75) is 0 Å². The second-order valence-electron chi connectivity index (χ2n) is 4.26. The van der Waals surface area contributed by atoms with Crippen LogP contribution in [0.1, 0.15) is 0 Å². The predicted molar refractivity (Wildman–Crippen MR) is 75.4 cm³/mol. The second kappa shape index (κ2) is 4.82. The fourth-order valence-corrected chi connectivity index (χ4v) is 2.53. The third-order valence-corrected chi connectivity index (χ3v) is 3.51. The molecule has 1 heterocycles. The van der Waals surface area contributed by atoms with Crippen molar-refractivity contribution in [2.24, 2.45) is 0 Å². The summed E-state index contributed by atoms with van der Waals surface area (Å²) < 4.78 is 42.0. The smallest absolute Gasteiger partial charge is 0.206 e. The lowest BCUT2D eigenvalue weighted by atomic mass is 10.2. The van der Waals surface area contributed by atoms with Crippen LogP contribution in [0.25, 0.3) is 16.7 Å². The molecule has 3 nitrogen and oxygen atoms in total. The highest BCUT2D eigenvalue weighted by Crippen LogP contribution is 2.31. The molecule has 1 aromatic heterocycles. The lowest BCUT2D eigenvalue weighted by Gasteiger charge is -2.09. The number of rotatable bonds is 1. The van der Waals surface area contributed by atoms with Crippen LogP contribution in [-0.2, 0) is 0 Å².